The highest BCUT2D eigenvalue weighted by Gasteiger charge is 2.13. The molecule has 0 saturated heterocycles. The van der Waals surface area contributed by atoms with Gasteiger partial charge in [0.25, 0.3) is 11.6 Å². The molecule has 1 aromatic heterocycles. The first kappa shape index (κ1) is 15.3. The highest BCUT2D eigenvalue weighted by Crippen LogP contribution is 2.22. The summed E-state index contributed by atoms with van der Waals surface area (Å²) in [5, 5.41) is 0. The van der Waals surface area contributed by atoms with Crippen LogP contribution in [0, 0.1) is 6.92 Å². The number of aromatic nitrogens is 2. The van der Waals surface area contributed by atoms with Gasteiger partial charge < -0.3 is 4.74 Å². The number of ether oxygens (including phenoxy) is 1. The van der Waals surface area contributed by atoms with E-state index in [4.69, 9.17) is 4.74 Å². The van der Waals surface area contributed by atoms with Crippen LogP contribution in [0.3, 0.4) is 0 Å². The fraction of sp³-hybridized carbons (Fsp3) is 0.412. The summed E-state index contributed by atoms with van der Waals surface area (Å²) < 4.78 is 6.75. The van der Waals surface area contributed by atoms with Gasteiger partial charge >= 0.3 is 0 Å². The van der Waals surface area contributed by atoms with E-state index in [0.717, 1.165) is 5.56 Å². The molecule has 112 valence electrons. The fourth-order valence-electron chi connectivity index (χ4n) is 2.19. The highest BCUT2D eigenvalue weighted by molar-refractivity contribution is 5.28. The summed E-state index contributed by atoms with van der Waals surface area (Å²) in [5.41, 5.74) is 3.01. The Balaban J connectivity index is 2.33. The van der Waals surface area contributed by atoms with Gasteiger partial charge in [-0.3, -0.25) is 9.36 Å². The molecule has 0 atom stereocenters. The van der Waals surface area contributed by atoms with Crippen LogP contribution in [0.4, 0.5) is 0 Å². The van der Waals surface area contributed by atoms with Crippen LogP contribution in [-0.4, -0.2) is 16.7 Å². The van der Waals surface area contributed by atoms with E-state index < -0.39 is 0 Å². The zero-order valence-corrected chi connectivity index (χ0v) is 13.3. The van der Waals surface area contributed by atoms with E-state index in [0.29, 0.717) is 18.2 Å². The standard InChI is InChI=1S/C17H22N2O2/c1-12-10-15(20)19(16(18-12)21-5)11-13-6-8-14(9-7-13)17(2,3)4/h6-10H,11H2,1-5H3. The average molecular weight is 286 g/mol. The SMILES string of the molecule is COc1nc(C)cc(=O)n1Cc1ccc(C(C)(C)C)cc1. The third-order valence-corrected chi connectivity index (χ3v) is 3.44. The molecule has 0 spiro atoms. The van der Waals surface area contributed by atoms with E-state index in [1.165, 1.54) is 18.7 Å². The van der Waals surface area contributed by atoms with Crippen molar-refractivity contribution in [3.63, 3.8) is 0 Å². The first-order valence-electron chi connectivity index (χ1n) is 7.03. The van der Waals surface area contributed by atoms with Gasteiger partial charge in [-0.1, -0.05) is 45.0 Å². The van der Waals surface area contributed by atoms with E-state index in [9.17, 15) is 4.79 Å². The molecule has 0 fully saturated rings. The Labute approximate surface area is 125 Å². The largest absolute Gasteiger partial charge is 0.468 e. The van der Waals surface area contributed by atoms with Crippen molar-refractivity contribution in [2.45, 2.75) is 39.7 Å². The number of rotatable bonds is 3. The summed E-state index contributed by atoms with van der Waals surface area (Å²) in [4.78, 5) is 16.3. The average Bonchev–Trinajstić information content (AvgIpc) is 2.41. The van der Waals surface area contributed by atoms with Crippen molar-refractivity contribution in [1.29, 1.82) is 0 Å². The van der Waals surface area contributed by atoms with Crippen LogP contribution in [0.15, 0.2) is 35.1 Å². The maximum atomic E-state index is 12.1. The van der Waals surface area contributed by atoms with Crippen molar-refractivity contribution in [2.24, 2.45) is 0 Å². The third-order valence-electron chi connectivity index (χ3n) is 3.44. The lowest BCUT2D eigenvalue weighted by atomic mass is 9.87. The van der Waals surface area contributed by atoms with E-state index >= 15 is 0 Å². The number of hydrogen-bond acceptors (Lipinski definition) is 3. The summed E-state index contributed by atoms with van der Waals surface area (Å²) in [6.07, 6.45) is 0. The van der Waals surface area contributed by atoms with Crippen LogP contribution in [0.1, 0.15) is 37.6 Å². The second-order valence-corrected chi connectivity index (χ2v) is 6.26. The normalized spacial score (nSPS) is 11.5. The van der Waals surface area contributed by atoms with Crippen molar-refractivity contribution in [2.75, 3.05) is 7.11 Å². The predicted molar refractivity (Wildman–Crippen MR) is 84.0 cm³/mol. The Kier molecular flexibility index (Phi) is 4.16. The molecule has 4 heteroatoms. The molecule has 1 heterocycles. The smallest absolute Gasteiger partial charge is 0.299 e. The van der Waals surface area contributed by atoms with E-state index in [-0.39, 0.29) is 11.0 Å². The minimum absolute atomic E-state index is 0.0979. The number of nitrogens with zero attached hydrogens (tertiary/aromatic N) is 2. The number of aryl methyl sites for hydroxylation is 1. The molecular formula is C17H22N2O2. The second kappa shape index (κ2) is 5.72. The minimum Gasteiger partial charge on any atom is -0.468 e. The summed E-state index contributed by atoms with van der Waals surface area (Å²) in [5.74, 6) is 0. The van der Waals surface area contributed by atoms with Gasteiger partial charge in [0.15, 0.2) is 0 Å². The summed E-state index contributed by atoms with van der Waals surface area (Å²) in [6, 6.07) is 10.2. The van der Waals surface area contributed by atoms with Crippen molar-refractivity contribution in [3.8, 4) is 6.01 Å². The fourth-order valence-corrected chi connectivity index (χ4v) is 2.19. The lowest BCUT2D eigenvalue weighted by Gasteiger charge is -2.19. The van der Waals surface area contributed by atoms with Crippen LogP contribution in [0.5, 0.6) is 6.01 Å². The molecule has 0 aliphatic carbocycles. The zero-order chi connectivity index (χ0) is 15.6. The highest BCUT2D eigenvalue weighted by atomic mass is 16.5. The summed E-state index contributed by atoms with van der Waals surface area (Å²) >= 11 is 0. The molecule has 2 rings (SSSR count). The lowest BCUT2D eigenvalue weighted by molar-refractivity contribution is 0.350. The molecule has 0 aliphatic rings. The third kappa shape index (κ3) is 3.51. The van der Waals surface area contributed by atoms with Gasteiger partial charge in [-0.15, -0.1) is 0 Å². The van der Waals surface area contributed by atoms with Gasteiger partial charge in [0.05, 0.1) is 13.7 Å². The van der Waals surface area contributed by atoms with Crippen molar-refractivity contribution in [3.05, 3.63) is 57.5 Å². The van der Waals surface area contributed by atoms with Gasteiger partial charge in [0, 0.05) is 11.8 Å². The molecule has 0 bridgehead atoms. The molecule has 2 aromatic rings. The zero-order valence-electron chi connectivity index (χ0n) is 13.3. The van der Waals surface area contributed by atoms with Crippen molar-refractivity contribution < 1.29 is 4.74 Å². The maximum absolute atomic E-state index is 12.1. The summed E-state index contributed by atoms with van der Waals surface area (Å²) in [7, 11) is 1.53. The maximum Gasteiger partial charge on any atom is 0.299 e. The number of methoxy groups -OCH3 is 1. The van der Waals surface area contributed by atoms with Gasteiger partial charge in [0.2, 0.25) is 0 Å². The van der Waals surface area contributed by atoms with Crippen LogP contribution in [0.25, 0.3) is 0 Å². The Bertz CT molecular complexity index is 679. The van der Waals surface area contributed by atoms with E-state index in [1.54, 1.807) is 11.5 Å². The molecule has 4 nitrogen and oxygen atoms in total. The lowest BCUT2D eigenvalue weighted by Crippen LogP contribution is -2.23. The van der Waals surface area contributed by atoms with Crippen LogP contribution >= 0.6 is 0 Å². The molecule has 0 saturated carbocycles. The van der Waals surface area contributed by atoms with E-state index in [1.807, 2.05) is 12.1 Å². The van der Waals surface area contributed by atoms with Gasteiger partial charge in [-0.05, 0) is 23.5 Å². The van der Waals surface area contributed by atoms with Crippen molar-refractivity contribution >= 4 is 0 Å². The molecule has 0 aliphatic heterocycles. The number of benzene rings is 1. The molecule has 0 radical (unpaired) electrons. The Morgan fingerprint density at radius 3 is 2.33 bits per heavy atom. The molecule has 1 aromatic carbocycles. The Morgan fingerprint density at radius 1 is 1.19 bits per heavy atom. The second-order valence-electron chi connectivity index (χ2n) is 6.26. The Morgan fingerprint density at radius 2 is 1.81 bits per heavy atom. The predicted octanol–water partition coefficient (Wildman–Crippen LogP) is 2.91. The molecular weight excluding hydrogens is 264 g/mol. The number of hydrogen-bond donors (Lipinski definition) is 0. The Hall–Kier alpha value is -2.10. The minimum atomic E-state index is -0.0979. The molecule has 21 heavy (non-hydrogen) atoms. The first-order chi connectivity index (χ1) is 9.81. The van der Waals surface area contributed by atoms with Gasteiger partial charge in [0.1, 0.15) is 0 Å². The van der Waals surface area contributed by atoms with Gasteiger partial charge in [-0.2, -0.15) is 0 Å². The van der Waals surface area contributed by atoms with Gasteiger partial charge in [-0.25, -0.2) is 4.98 Å². The molecule has 0 amide bonds. The topological polar surface area (TPSA) is 44.1 Å². The first-order valence-corrected chi connectivity index (χ1v) is 7.03. The van der Waals surface area contributed by atoms with Crippen LogP contribution in [-0.2, 0) is 12.0 Å². The van der Waals surface area contributed by atoms with Crippen LogP contribution < -0.4 is 10.3 Å². The van der Waals surface area contributed by atoms with Crippen molar-refractivity contribution in [1.82, 2.24) is 9.55 Å². The molecule has 0 N–H and O–H groups in total. The summed E-state index contributed by atoms with van der Waals surface area (Å²) in [6.45, 7) is 8.78. The van der Waals surface area contributed by atoms with Crippen LogP contribution in [0.2, 0.25) is 0 Å². The van der Waals surface area contributed by atoms with E-state index in [2.05, 4.69) is 37.9 Å². The molecule has 0 unspecified atom stereocenters. The monoisotopic (exact) mass is 286 g/mol. The quantitative estimate of drug-likeness (QED) is 0.871.